The summed E-state index contributed by atoms with van der Waals surface area (Å²) in [6.07, 6.45) is -2.73. The summed E-state index contributed by atoms with van der Waals surface area (Å²) in [7, 11) is 0. The third-order valence-electron chi connectivity index (χ3n) is 4.10. The molecular formula is C20H15ClF3N3O. The number of hydrogen-bond acceptors (Lipinski definition) is 4. The lowest BCUT2D eigenvalue weighted by molar-refractivity contribution is -0.138. The summed E-state index contributed by atoms with van der Waals surface area (Å²) in [5.74, 6) is 0.442. The van der Waals surface area contributed by atoms with Crippen molar-refractivity contribution in [1.82, 2.24) is 9.97 Å². The predicted octanol–water partition coefficient (Wildman–Crippen LogP) is 5.94. The molecular weight excluding hydrogens is 391 g/mol. The second-order valence-electron chi connectivity index (χ2n) is 5.93. The number of anilines is 1. The number of benzene rings is 2. The Kier molecular flexibility index (Phi) is 5.56. The van der Waals surface area contributed by atoms with Crippen molar-refractivity contribution in [2.24, 2.45) is 0 Å². The molecule has 0 bridgehead atoms. The van der Waals surface area contributed by atoms with Gasteiger partial charge in [-0.05, 0) is 48.0 Å². The first-order valence-electron chi connectivity index (χ1n) is 8.22. The minimum atomic E-state index is -4.37. The van der Waals surface area contributed by atoms with E-state index in [1.54, 1.807) is 48.7 Å². The van der Waals surface area contributed by atoms with Gasteiger partial charge in [0.1, 0.15) is 0 Å². The largest absolute Gasteiger partial charge is 0.434 e. The maximum Gasteiger partial charge on any atom is 0.416 e. The molecule has 28 heavy (non-hydrogen) atoms. The van der Waals surface area contributed by atoms with Crippen LogP contribution in [0.1, 0.15) is 11.1 Å². The van der Waals surface area contributed by atoms with Crippen molar-refractivity contribution in [3.8, 4) is 11.5 Å². The molecule has 4 aromatic rings. The smallest absolute Gasteiger partial charge is 0.416 e. The van der Waals surface area contributed by atoms with Crippen LogP contribution in [-0.2, 0) is 12.7 Å². The first kappa shape index (κ1) is 19.7. The van der Waals surface area contributed by atoms with E-state index in [1.165, 1.54) is 12.1 Å². The molecule has 144 valence electrons. The molecule has 4 nitrogen and oxygen atoms in total. The zero-order valence-electron chi connectivity index (χ0n) is 14.4. The van der Waals surface area contributed by atoms with Crippen molar-refractivity contribution in [3.05, 3.63) is 78.0 Å². The molecule has 0 atom stereocenters. The minimum absolute atomic E-state index is 0. The lowest BCUT2D eigenvalue weighted by atomic mass is 10.1. The van der Waals surface area contributed by atoms with Crippen LogP contribution in [0, 0.1) is 0 Å². The monoisotopic (exact) mass is 405 g/mol. The van der Waals surface area contributed by atoms with Crippen LogP contribution in [0.2, 0.25) is 0 Å². The molecule has 0 aliphatic heterocycles. The van der Waals surface area contributed by atoms with Crippen molar-refractivity contribution in [2.75, 3.05) is 5.32 Å². The second kappa shape index (κ2) is 7.90. The Hall–Kier alpha value is -3.06. The molecule has 0 saturated carbocycles. The van der Waals surface area contributed by atoms with E-state index >= 15 is 0 Å². The van der Waals surface area contributed by atoms with Gasteiger partial charge in [0, 0.05) is 24.0 Å². The highest BCUT2D eigenvalue weighted by molar-refractivity contribution is 5.85. The Morgan fingerprint density at radius 1 is 0.929 bits per heavy atom. The first-order chi connectivity index (χ1) is 13.0. The number of nitrogens with one attached hydrogen (secondary N) is 1. The number of alkyl halides is 3. The summed E-state index contributed by atoms with van der Waals surface area (Å²) in [4.78, 5) is 8.45. The number of halogens is 4. The van der Waals surface area contributed by atoms with Gasteiger partial charge in [-0.15, -0.1) is 12.4 Å². The fourth-order valence-electron chi connectivity index (χ4n) is 2.77. The first-order valence-corrected chi connectivity index (χ1v) is 8.22. The van der Waals surface area contributed by atoms with Crippen molar-refractivity contribution < 1.29 is 17.6 Å². The number of hydrogen-bond donors (Lipinski definition) is 1. The number of fused-ring (bicyclic) bond motifs is 1. The Morgan fingerprint density at radius 3 is 2.39 bits per heavy atom. The van der Waals surface area contributed by atoms with E-state index < -0.39 is 11.7 Å². The van der Waals surface area contributed by atoms with E-state index in [0.29, 0.717) is 22.8 Å². The average Bonchev–Trinajstić information content (AvgIpc) is 3.10. The zero-order valence-corrected chi connectivity index (χ0v) is 15.2. The summed E-state index contributed by atoms with van der Waals surface area (Å²) in [6, 6.07) is 16.2. The van der Waals surface area contributed by atoms with Gasteiger partial charge < -0.3 is 9.73 Å². The fourth-order valence-corrected chi connectivity index (χ4v) is 2.77. The molecule has 2 aromatic carbocycles. The standard InChI is InChI=1S/C20H14F3N3O.ClH/c21-20(22,23)16-5-2-1-4-14(16)12-25-15-9-7-13(8-10-15)19-26-18-17(27-19)6-3-11-24-18;/h1-11,25H,12H2;1H. The highest BCUT2D eigenvalue weighted by atomic mass is 35.5. The zero-order chi connectivity index (χ0) is 18.9. The molecule has 0 aliphatic carbocycles. The molecule has 1 N–H and O–H groups in total. The van der Waals surface area contributed by atoms with Crippen LogP contribution >= 0.6 is 12.4 Å². The normalized spacial score (nSPS) is 11.2. The van der Waals surface area contributed by atoms with Crippen LogP contribution in [0.15, 0.2) is 71.3 Å². The number of aromatic nitrogens is 2. The summed E-state index contributed by atoms with van der Waals surface area (Å²) >= 11 is 0. The minimum Gasteiger partial charge on any atom is -0.434 e. The van der Waals surface area contributed by atoms with Crippen LogP contribution in [-0.4, -0.2) is 9.97 Å². The third kappa shape index (κ3) is 4.09. The average molecular weight is 406 g/mol. The van der Waals surface area contributed by atoms with Gasteiger partial charge in [0.25, 0.3) is 0 Å². The van der Waals surface area contributed by atoms with Crippen LogP contribution < -0.4 is 5.32 Å². The van der Waals surface area contributed by atoms with E-state index in [2.05, 4.69) is 15.3 Å². The van der Waals surface area contributed by atoms with E-state index in [1.807, 2.05) is 0 Å². The highest BCUT2D eigenvalue weighted by Gasteiger charge is 2.32. The molecule has 8 heteroatoms. The lowest BCUT2D eigenvalue weighted by Crippen LogP contribution is -2.11. The lowest BCUT2D eigenvalue weighted by Gasteiger charge is -2.14. The van der Waals surface area contributed by atoms with Gasteiger partial charge in [-0.1, -0.05) is 18.2 Å². The number of pyridine rings is 1. The molecule has 0 aliphatic rings. The molecule has 0 amide bonds. The molecule has 4 rings (SSSR count). The summed E-state index contributed by atoms with van der Waals surface area (Å²) in [5.41, 5.74) is 2.14. The van der Waals surface area contributed by atoms with Gasteiger partial charge in [-0.3, -0.25) is 0 Å². The Bertz CT molecular complexity index is 1040. The SMILES string of the molecule is Cl.FC(F)(F)c1ccccc1CNc1ccc(-c2nc3ncccc3o2)cc1. The summed E-state index contributed by atoms with van der Waals surface area (Å²) in [6.45, 7) is 0.0713. The highest BCUT2D eigenvalue weighted by Crippen LogP contribution is 2.32. The molecule has 0 unspecified atom stereocenters. The van der Waals surface area contributed by atoms with Gasteiger partial charge in [0.15, 0.2) is 11.2 Å². The van der Waals surface area contributed by atoms with Gasteiger partial charge >= 0.3 is 6.18 Å². The van der Waals surface area contributed by atoms with Crippen LogP contribution in [0.4, 0.5) is 18.9 Å². The third-order valence-corrected chi connectivity index (χ3v) is 4.10. The molecule has 2 heterocycles. The maximum absolute atomic E-state index is 13.1. The van der Waals surface area contributed by atoms with Gasteiger partial charge in [0.05, 0.1) is 5.56 Å². The Labute approximate surface area is 164 Å². The van der Waals surface area contributed by atoms with E-state index in [4.69, 9.17) is 4.42 Å². The fraction of sp³-hybridized carbons (Fsp3) is 0.100. The van der Waals surface area contributed by atoms with Crippen molar-refractivity contribution in [2.45, 2.75) is 12.7 Å². The van der Waals surface area contributed by atoms with Crippen molar-refractivity contribution >= 4 is 29.3 Å². The van der Waals surface area contributed by atoms with Crippen LogP contribution in [0.5, 0.6) is 0 Å². The Balaban J connectivity index is 0.00000225. The quantitative estimate of drug-likeness (QED) is 0.456. The van der Waals surface area contributed by atoms with Crippen molar-refractivity contribution in [3.63, 3.8) is 0 Å². The second-order valence-corrected chi connectivity index (χ2v) is 5.93. The molecule has 0 fully saturated rings. The molecule has 0 spiro atoms. The maximum atomic E-state index is 13.1. The molecule has 0 radical (unpaired) electrons. The van der Waals surface area contributed by atoms with E-state index in [0.717, 1.165) is 11.6 Å². The number of oxazole rings is 1. The van der Waals surface area contributed by atoms with Crippen LogP contribution in [0.3, 0.4) is 0 Å². The van der Waals surface area contributed by atoms with Gasteiger partial charge in [-0.2, -0.15) is 18.2 Å². The number of rotatable bonds is 4. The predicted molar refractivity (Wildman–Crippen MR) is 103 cm³/mol. The topological polar surface area (TPSA) is 51.0 Å². The van der Waals surface area contributed by atoms with Crippen LogP contribution in [0.25, 0.3) is 22.7 Å². The number of nitrogens with zero attached hydrogens (tertiary/aromatic N) is 2. The van der Waals surface area contributed by atoms with Crippen molar-refractivity contribution in [1.29, 1.82) is 0 Å². The molecule has 0 saturated heterocycles. The molecule has 2 aromatic heterocycles. The Morgan fingerprint density at radius 2 is 1.68 bits per heavy atom. The van der Waals surface area contributed by atoms with Gasteiger partial charge in [0.2, 0.25) is 5.89 Å². The van der Waals surface area contributed by atoms with E-state index in [9.17, 15) is 13.2 Å². The summed E-state index contributed by atoms with van der Waals surface area (Å²) < 4.78 is 44.8. The van der Waals surface area contributed by atoms with Gasteiger partial charge in [-0.25, -0.2) is 4.98 Å². The summed E-state index contributed by atoms with van der Waals surface area (Å²) in [5, 5.41) is 3.02. The van der Waals surface area contributed by atoms with E-state index in [-0.39, 0.29) is 24.5 Å².